The lowest BCUT2D eigenvalue weighted by atomic mass is 9.87. The van der Waals surface area contributed by atoms with E-state index >= 15 is 0 Å². The number of hydrogen-bond acceptors (Lipinski definition) is 4. The highest BCUT2D eigenvalue weighted by Crippen LogP contribution is 2.42. The maximum Gasteiger partial charge on any atom is 0.248 e. The molecule has 0 amide bonds. The molecule has 1 aromatic heterocycles. The number of fused-ring (bicyclic) bond motifs is 4. The van der Waals surface area contributed by atoms with Crippen molar-refractivity contribution >= 4 is 17.4 Å². The highest BCUT2D eigenvalue weighted by Gasteiger charge is 2.46. The Morgan fingerprint density at radius 2 is 1.65 bits per heavy atom. The molecule has 23 heavy (non-hydrogen) atoms. The molecule has 3 aromatic rings. The van der Waals surface area contributed by atoms with Crippen LogP contribution in [0.3, 0.4) is 0 Å². The zero-order valence-electron chi connectivity index (χ0n) is 12.1. The summed E-state index contributed by atoms with van der Waals surface area (Å²) in [5.74, 6) is 0.313. The van der Waals surface area contributed by atoms with E-state index in [2.05, 4.69) is 15.1 Å². The first-order valence-electron chi connectivity index (χ1n) is 7.51. The van der Waals surface area contributed by atoms with E-state index in [1.54, 1.807) is 4.68 Å². The van der Waals surface area contributed by atoms with Crippen LogP contribution in [-0.2, 0) is 0 Å². The van der Waals surface area contributed by atoms with Crippen LogP contribution in [0.25, 0.3) is 0 Å². The van der Waals surface area contributed by atoms with Crippen LogP contribution in [0.2, 0.25) is 0 Å². The lowest BCUT2D eigenvalue weighted by Gasteiger charge is -2.27. The van der Waals surface area contributed by atoms with Gasteiger partial charge in [0.1, 0.15) is 6.33 Å². The molecule has 2 atom stereocenters. The molecule has 0 bridgehead atoms. The molecule has 0 N–H and O–H groups in total. The second-order valence-corrected chi connectivity index (χ2v) is 5.74. The summed E-state index contributed by atoms with van der Waals surface area (Å²) >= 11 is 0. The lowest BCUT2D eigenvalue weighted by molar-refractivity contribution is 0.0938. The number of benzene rings is 2. The van der Waals surface area contributed by atoms with E-state index in [4.69, 9.17) is 0 Å². The Balaban J connectivity index is 1.79. The van der Waals surface area contributed by atoms with Gasteiger partial charge in [-0.05, 0) is 5.56 Å². The van der Waals surface area contributed by atoms with Crippen molar-refractivity contribution in [3.8, 4) is 0 Å². The average Bonchev–Trinajstić information content (AvgIpc) is 3.18. The van der Waals surface area contributed by atoms with Gasteiger partial charge in [0.05, 0.1) is 17.7 Å². The smallest absolute Gasteiger partial charge is 0.248 e. The largest absolute Gasteiger partial charge is 0.293 e. The Labute approximate surface area is 132 Å². The third-order valence-electron chi connectivity index (χ3n) is 4.54. The molecule has 110 valence electrons. The first-order valence-corrected chi connectivity index (χ1v) is 7.51. The molecule has 1 aliphatic carbocycles. The van der Waals surface area contributed by atoms with Gasteiger partial charge in [0.25, 0.3) is 0 Å². The molecule has 5 nitrogen and oxygen atoms in total. The van der Waals surface area contributed by atoms with E-state index in [9.17, 15) is 4.79 Å². The number of aromatic nitrogens is 3. The number of carbonyl (C=O) groups is 1. The minimum atomic E-state index is -0.344. The summed E-state index contributed by atoms with van der Waals surface area (Å²) in [6.07, 6.45) is 1.49. The predicted octanol–water partition coefficient (Wildman–Crippen LogP) is 2.81. The summed E-state index contributed by atoms with van der Waals surface area (Å²) in [6, 6.07) is 17.4. The molecule has 0 radical (unpaired) electrons. The molecule has 0 fully saturated rings. The van der Waals surface area contributed by atoms with Crippen molar-refractivity contribution < 1.29 is 4.79 Å². The van der Waals surface area contributed by atoms with Crippen molar-refractivity contribution in [2.24, 2.45) is 10.9 Å². The van der Waals surface area contributed by atoms with E-state index in [1.807, 2.05) is 54.6 Å². The van der Waals surface area contributed by atoms with Gasteiger partial charge in [-0.15, -0.1) is 0 Å². The summed E-state index contributed by atoms with van der Waals surface area (Å²) in [7, 11) is 0. The number of rotatable bonds is 1. The highest BCUT2D eigenvalue weighted by molar-refractivity contribution is 6.29. The first kappa shape index (κ1) is 12.5. The van der Waals surface area contributed by atoms with Crippen LogP contribution in [0.1, 0.15) is 27.5 Å². The SMILES string of the molecule is O=C1c2ccccc2C2=Nc3ncnn3[C@H](c3ccccc3)[C@H]12. The van der Waals surface area contributed by atoms with E-state index in [0.29, 0.717) is 5.95 Å². The molecule has 0 spiro atoms. The molecule has 5 rings (SSSR count). The van der Waals surface area contributed by atoms with Crippen molar-refractivity contribution in [1.82, 2.24) is 14.8 Å². The van der Waals surface area contributed by atoms with Crippen molar-refractivity contribution in [1.29, 1.82) is 0 Å². The Kier molecular flexibility index (Phi) is 2.42. The van der Waals surface area contributed by atoms with Crippen LogP contribution < -0.4 is 0 Å². The monoisotopic (exact) mass is 300 g/mol. The molecule has 2 aromatic carbocycles. The van der Waals surface area contributed by atoms with E-state index < -0.39 is 0 Å². The molecule has 5 heteroatoms. The molecular formula is C18H12N4O. The van der Waals surface area contributed by atoms with Gasteiger partial charge in [0.15, 0.2) is 5.78 Å². The summed E-state index contributed by atoms with van der Waals surface area (Å²) in [6.45, 7) is 0. The van der Waals surface area contributed by atoms with Crippen LogP contribution in [0.4, 0.5) is 5.95 Å². The van der Waals surface area contributed by atoms with Gasteiger partial charge in [-0.25, -0.2) is 9.67 Å². The summed E-state index contributed by atoms with van der Waals surface area (Å²) in [4.78, 5) is 21.9. The summed E-state index contributed by atoms with van der Waals surface area (Å²) < 4.78 is 1.76. The van der Waals surface area contributed by atoms with E-state index in [-0.39, 0.29) is 17.7 Å². The van der Waals surface area contributed by atoms with Gasteiger partial charge in [0, 0.05) is 11.1 Å². The zero-order valence-corrected chi connectivity index (χ0v) is 12.1. The van der Waals surface area contributed by atoms with Crippen molar-refractivity contribution in [3.63, 3.8) is 0 Å². The number of aliphatic imine (C=N–C) groups is 1. The quantitative estimate of drug-likeness (QED) is 0.694. The maximum absolute atomic E-state index is 13.0. The normalized spacial score (nSPS) is 21.4. The number of hydrogen-bond donors (Lipinski definition) is 0. The Morgan fingerprint density at radius 1 is 0.913 bits per heavy atom. The second kappa shape index (κ2) is 4.46. The van der Waals surface area contributed by atoms with Gasteiger partial charge in [-0.1, -0.05) is 54.6 Å². The third-order valence-corrected chi connectivity index (χ3v) is 4.54. The molecular weight excluding hydrogens is 288 g/mol. The standard InChI is InChI=1S/C18H12N4O/c23-17-13-9-5-4-8-12(13)15-14(17)16(11-6-2-1-3-7-11)22-18(21-15)19-10-20-22/h1-10,14,16H/t14-,16-/m1/s1. The van der Waals surface area contributed by atoms with Gasteiger partial charge in [-0.2, -0.15) is 10.1 Å². The van der Waals surface area contributed by atoms with Gasteiger partial charge >= 0.3 is 0 Å². The topological polar surface area (TPSA) is 60.1 Å². The fourth-order valence-electron chi connectivity index (χ4n) is 3.56. The van der Waals surface area contributed by atoms with Crippen LogP contribution in [-0.4, -0.2) is 26.3 Å². The van der Waals surface area contributed by atoms with Crippen LogP contribution in [0.15, 0.2) is 65.9 Å². The van der Waals surface area contributed by atoms with Gasteiger partial charge < -0.3 is 0 Å². The first-order chi connectivity index (χ1) is 11.3. The molecule has 2 aliphatic rings. The van der Waals surface area contributed by atoms with E-state index in [1.165, 1.54) is 6.33 Å². The van der Waals surface area contributed by atoms with Crippen molar-refractivity contribution in [2.75, 3.05) is 0 Å². The lowest BCUT2D eigenvalue weighted by Crippen LogP contribution is -2.32. The Hall–Kier alpha value is -3.08. The maximum atomic E-state index is 13.0. The fraction of sp³-hybridized carbons (Fsp3) is 0.111. The minimum absolute atomic E-state index is 0.106. The van der Waals surface area contributed by atoms with Crippen LogP contribution in [0, 0.1) is 5.92 Å². The molecule has 0 saturated heterocycles. The number of nitrogens with zero attached hydrogens (tertiary/aromatic N) is 4. The number of ketones is 1. The van der Waals surface area contributed by atoms with Gasteiger partial charge in [0.2, 0.25) is 5.95 Å². The van der Waals surface area contributed by atoms with Crippen molar-refractivity contribution in [3.05, 3.63) is 77.6 Å². The fourth-order valence-corrected chi connectivity index (χ4v) is 3.56. The number of carbonyl (C=O) groups excluding carboxylic acids is 1. The summed E-state index contributed by atoms with van der Waals surface area (Å²) in [5.41, 5.74) is 3.50. The van der Waals surface area contributed by atoms with Crippen LogP contribution >= 0.6 is 0 Å². The highest BCUT2D eigenvalue weighted by atomic mass is 16.1. The Morgan fingerprint density at radius 3 is 2.48 bits per heavy atom. The average molecular weight is 300 g/mol. The van der Waals surface area contributed by atoms with Gasteiger partial charge in [-0.3, -0.25) is 4.79 Å². The zero-order chi connectivity index (χ0) is 15.4. The van der Waals surface area contributed by atoms with Crippen LogP contribution in [0.5, 0.6) is 0 Å². The molecule has 1 aliphatic heterocycles. The third kappa shape index (κ3) is 1.61. The van der Waals surface area contributed by atoms with E-state index in [0.717, 1.165) is 22.4 Å². The van der Waals surface area contributed by atoms with Crippen molar-refractivity contribution in [2.45, 2.75) is 6.04 Å². The summed E-state index contributed by atoms with van der Waals surface area (Å²) in [5, 5.41) is 4.32. The predicted molar refractivity (Wildman–Crippen MR) is 85.1 cm³/mol. The number of Topliss-reactive ketones (excluding diaryl/α,β-unsaturated/α-hetero) is 1. The molecule has 0 unspecified atom stereocenters. The minimum Gasteiger partial charge on any atom is -0.293 e. The molecule has 2 heterocycles. The Bertz CT molecular complexity index is 958. The molecule has 0 saturated carbocycles. The second-order valence-electron chi connectivity index (χ2n) is 5.74.